The van der Waals surface area contributed by atoms with Crippen LogP contribution in [0.2, 0.25) is 0 Å². The first kappa shape index (κ1) is 8.75. The van der Waals surface area contributed by atoms with Crippen LogP contribution in [-0.2, 0) is 4.79 Å². The van der Waals surface area contributed by atoms with Gasteiger partial charge >= 0.3 is 5.97 Å². The van der Waals surface area contributed by atoms with Crippen LogP contribution in [-0.4, -0.2) is 22.8 Å². The van der Waals surface area contributed by atoms with Gasteiger partial charge in [0.25, 0.3) is 0 Å². The van der Waals surface area contributed by atoms with Crippen LogP contribution < -0.4 is 0 Å². The lowest BCUT2D eigenvalue weighted by atomic mass is 9.76. The number of aliphatic hydroxyl groups is 1. The van der Waals surface area contributed by atoms with E-state index in [2.05, 4.69) is 6.08 Å². The molecular formula is C10H14O3. The Hall–Kier alpha value is -0.830. The van der Waals surface area contributed by atoms with Gasteiger partial charge < -0.3 is 10.2 Å². The number of allylic oxidation sites excluding steroid dienone is 2. The van der Waals surface area contributed by atoms with E-state index in [0.29, 0.717) is 12.3 Å². The van der Waals surface area contributed by atoms with Crippen molar-refractivity contribution in [2.24, 2.45) is 17.3 Å². The van der Waals surface area contributed by atoms with Crippen LogP contribution in [0.25, 0.3) is 0 Å². The molecule has 0 unspecified atom stereocenters. The van der Waals surface area contributed by atoms with E-state index >= 15 is 0 Å². The number of rotatable bonds is 3. The van der Waals surface area contributed by atoms with Gasteiger partial charge in [0.1, 0.15) is 0 Å². The first-order valence-electron chi connectivity index (χ1n) is 4.71. The Bertz CT molecular complexity index is 259. The smallest absolute Gasteiger partial charge is 0.307 e. The Morgan fingerprint density at radius 2 is 2.38 bits per heavy atom. The van der Waals surface area contributed by atoms with Gasteiger partial charge in [-0.25, -0.2) is 0 Å². The van der Waals surface area contributed by atoms with Crippen LogP contribution in [0.15, 0.2) is 12.2 Å². The molecule has 2 N–H and O–H groups in total. The van der Waals surface area contributed by atoms with E-state index < -0.39 is 5.97 Å². The summed E-state index contributed by atoms with van der Waals surface area (Å²) in [6.45, 7) is 0.0842. The number of aliphatic carboxylic acids is 1. The summed E-state index contributed by atoms with van der Waals surface area (Å²) in [5.41, 5.74) is -0.231. The summed E-state index contributed by atoms with van der Waals surface area (Å²) in [5.74, 6) is -0.539. The van der Waals surface area contributed by atoms with Crippen LogP contribution in [0.5, 0.6) is 0 Å². The van der Waals surface area contributed by atoms with Crippen LogP contribution in [0, 0.1) is 17.3 Å². The number of fused-ring (bicyclic) bond motifs is 2. The second-order valence-corrected chi connectivity index (χ2v) is 4.16. The minimum atomic E-state index is -0.708. The minimum Gasteiger partial charge on any atom is -0.481 e. The first-order chi connectivity index (χ1) is 6.18. The summed E-state index contributed by atoms with van der Waals surface area (Å²) in [5, 5.41) is 17.9. The maximum absolute atomic E-state index is 11.0. The van der Waals surface area contributed by atoms with Gasteiger partial charge in [-0.2, -0.15) is 0 Å². The van der Waals surface area contributed by atoms with Crippen molar-refractivity contribution in [3.05, 3.63) is 12.2 Å². The number of carboxylic acids is 1. The predicted octanol–water partition coefficient (Wildman–Crippen LogP) is 1.04. The van der Waals surface area contributed by atoms with E-state index in [1.54, 1.807) is 0 Å². The lowest BCUT2D eigenvalue weighted by Crippen LogP contribution is -2.30. The quantitative estimate of drug-likeness (QED) is 0.641. The maximum atomic E-state index is 11.0. The van der Waals surface area contributed by atoms with Gasteiger partial charge in [0.05, 0.1) is 5.92 Å². The number of carbonyl (C=O) groups is 1. The number of aliphatic hydroxyl groups excluding tert-OH is 1. The van der Waals surface area contributed by atoms with E-state index in [1.165, 1.54) is 0 Å². The molecule has 2 bridgehead atoms. The number of carboxylic acid groups (broad SMARTS) is 1. The van der Waals surface area contributed by atoms with Crippen molar-refractivity contribution in [1.82, 2.24) is 0 Å². The van der Waals surface area contributed by atoms with E-state index in [-0.39, 0.29) is 17.9 Å². The molecule has 0 aromatic heterocycles. The third-order valence-electron chi connectivity index (χ3n) is 3.45. The van der Waals surface area contributed by atoms with Gasteiger partial charge in [0.2, 0.25) is 0 Å². The standard InChI is InChI=1S/C10H14O3/c11-4-3-10-2-1-7(6-10)5-8(10)9(12)13/h1-2,7-8,11H,3-6H2,(H,12,13)/t7-,8-,10-/m1/s1. The fraction of sp³-hybridized carbons (Fsp3) is 0.700. The predicted molar refractivity (Wildman–Crippen MR) is 47.1 cm³/mol. The molecule has 0 radical (unpaired) electrons. The molecule has 0 aromatic rings. The molecule has 0 saturated heterocycles. The van der Waals surface area contributed by atoms with Gasteiger partial charge in [-0.1, -0.05) is 12.2 Å². The SMILES string of the molecule is O=C(O)[C@H]1C[C@H]2C=C[C@@]1(CCO)C2. The van der Waals surface area contributed by atoms with Crippen molar-refractivity contribution in [1.29, 1.82) is 0 Å². The maximum Gasteiger partial charge on any atom is 0.307 e. The lowest BCUT2D eigenvalue weighted by Gasteiger charge is -2.28. The molecule has 72 valence electrons. The van der Waals surface area contributed by atoms with Gasteiger partial charge in [-0.15, -0.1) is 0 Å². The fourth-order valence-electron chi connectivity index (χ4n) is 2.82. The van der Waals surface area contributed by atoms with Crippen molar-refractivity contribution < 1.29 is 15.0 Å². The highest BCUT2D eigenvalue weighted by Crippen LogP contribution is 2.55. The molecule has 1 saturated carbocycles. The Kier molecular flexibility index (Phi) is 1.91. The van der Waals surface area contributed by atoms with Crippen molar-refractivity contribution in [3.8, 4) is 0 Å². The Labute approximate surface area is 77.1 Å². The largest absolute Gasteiger partial charge is 0.481 e. The van der Waals surface area contributed by atoms with Gasteiger partial charge in [0.15, 0.2) is 0 Å². The zero-order valence-electron chi connectivity index (χ0n) is 7.44. The minimum absolute atomic E-state index is 0.0842. The normalized spacial score (nSPS) is 41.3. The zero-order valence-corrected chi connectivity index (χ0v) is 7.44. The average molecular weight is 182 g/mol. The third kappa shape index (κ3) is 1.18. The highest BCUT2D eigenvalue weighted by Gasteiger charge is 2.51. The Morgan fingerprint density at radius 1 is 1.62 bits per heavy atom. The molecule has 3 nitrogen and oxygen atoms in total. The first-order valence-corrected chi connectivity index (χ1v) is 4.71. The number of hydrogen-bond acceptors (Lipinski definition) is 2. The molecule has 2 aliphatic rings. The molecule has 0 spiro atoms. The van der Waals surface area contributed by atoms with Gasteiger partial charge in [-0.05, 0) is 25.2 Å². The van der Waals surface area contributed by atoms with E-state index in [1.807, 2.05) is 6.08 Å². The third-order valence-corrected chi connectivity index (χ3v) is 3.45. The molecule has 13 heavy (non-hydrogen) atoms. The molecule has 1 fully saturated rings. The summed E-state index contributed by atoms with van der Waals surface area (Å²) >= 11 is 0. The van der Waals surface area contributed by atoms with E-state index in [0.717, 1.165) is 12.8 Å². The van der Waals surface area contributed by atoms with Gasteiger partial charge in [0, 0.05) is 12.0 Å². The summed E-state index contributed by atoms with van der Waals surface area (Å²) in [7, 11) is 0. The molecule has 2 rings (SSSR count). The summed E-state index contributed by atoms with van der Waals surface area (Å²) in [6.07, 6.45) is 6.39. The topological polar surface area (TPSA) is 57.5 Å². The average Bonchev–Trinajstić information content (AvgIpc) is 2.60. The molecule has 3 atom stereocenters. The monoisotopic (exact) mass is 182 g/mol. The van der Waals surface area contributed by atoms with E-state index in [9.17, 15) is 4.79 Å². The Balaban J connectivity index is 2.23. The van der Waals surface area contributed by atoms with Crippen molar-refractivity contribution in [2.75, 3.05) is 6.61 Å². The molecular weight excluding hydrogens is 168 g/mol. The molecule has 3 heteroatoms. The molecule has 0 aliphatic heterocycles. The van der Waals surface area contributed by atoms with Crippen LogP contribution >= 0.6 is 0 Å². The Morgan fingerprint density at radius 3 is 2.92 bits per heavy atom. The molecule has 2 aliphatic carbocycles. The second kappa shape index (κ2) is 2.84. The second-order valence-electron chi connectivity index (χ2n) is 4.16. The van der Waals surface area contributed by atoms with Gasteiger partial charge in [-0.3, -0.25) is 4.79 Å². The van der Waals surface area contributed by atoms with Crippen LogP contribution in [0.1, 0.15) is 19.3 Å². The molecule has 0 aromatic carbocycles. The van der Waals surface area contributed by atoms with Crippen molar-refractivity contribution in [2.45, 2.75) is 19.3 Å². The lowest BCUT2D eigenvalue weighted by molar-refractivity contribution is -0.144. The van der Waals surface area contributed by atoms with E-state index in [4.69, 9.17) is 10.2 Å². The highest BCUT2D eigenvalue weighted by molar-refractivity contribution is 5.72. The van der Waals surface area contributed by atoms with Crippen molar-refractivity contribution in [3.63, 3.8) is 0 Å². The summed E-state index contributed by atoms with van der Waals surface area (Å²) in [4.78, 5) is 11.0. The highest BCUT2D eigenvalue weighted by atomic mass is 16.4. The molecule has 0 heterocycles. The fourth-order valence-corrected chi connectivity index (χ4v) is 2.82. The summed E-state index contributed by atoms with van der Waals surface area (Å²) in [6, 6.07) is 0. The summed E-state index contributed by atoms with van der Waals surface area (Å²) < 4.78 is 0. The van der Waals surface area contributed by atoms with Crippen LogP contribution in [0.3, 0.4) is 0 Å². The zero-order chi connectivity index (χ0) is 9.47. The van der Waals surface area contributed by atoms with Crippen LogP contribution in [0.4, 0.5) is 0 Å². The number of hydrogen-bond donors (Lipinski definition) is 2. The molecule has 0 amide bonds. The van der Waals surface area contributed by atoms with Crippen molar-refractivity contribution >= 4 is 5.97 Å².